The van der Waals surface area contributed by atoms with Gasteiger partial charge in [0.05, 0.1) is 0 Å². The van der Waals surface area contributed by atoms with E-state index in [1.54, 1.807) is 6.08 Å². The van der Waals surface area contributed by atoms with Gasteiger partial charge in [0.2, 0.25) is 0 Å². The van der Waals surface area contributed by atoms with Crippen molar-refractivity contribution in [1.82, 2.24) is 0 Å². The zero-order chi connectivity index (χ0) is 7.98. The molecule has 0 saturated carbocycles. The largest absolute Gasteiger partial charge is 0.478 e. The number of hydrogen-bond acceptors (Lipinski definition) is 1. The minimum absolute atomic E-state index is 0.471. The van der Waals surface area contributed by atoms with Gasteiger partial charge in [0.25, 0.3) is 0 Å². The molecule has 56 valence electrons. The highest BCUT2D eigenvalue weighted by atomic mass is 16.4. The standard InChI is InChI=1S/C8H12O2/c1-7(2)5-3-4-6-8(9)10/h3-7H,1-2H3,(H,9,10). The Balaban J connectivity index is 3.62. The van der Waals surface area contributed by atoms with E-state index in [0.29, 0.717) is 5.92 Å². The van der Waals surface area contributed by atoms with Crippen LogP contribution in [0.1, 0.15) is 13.8 Å². The van der Waals surface area contributed by atoms with Crippen LogP contribution in [-0.4, -0.2) is 11.1 Å². The summed E-state index contributed by atoms with van der Waals surface area (Å²) in [4.78, 5) is 9.92. The monoisotopic (exact) mass is 140 g/mol. The first-order valence-electron chi connectivity index (χ1n) is 3.20. The van der Waals surface area contributed by atoms with Gasteiger partial charge in [0.1, 0.15) is 0 Å². The summed E-state index contributed by atoms with van der Waals surface area (Å²) in [5.74, 6) is -0.438. The van der Waals surface area contributed by atoms with Crippen LogP contribution >= 0.6 is 0 Å². The summed E-state index contributed by atoms with van der Waals surface area (Å²) < 4.78 is 0. The molecular formula is C8H12O2. The van der Waals surface area contributed by atoms with Crippen LogP contribution in [0.4, 0.5) is 0 Å². The van der Waals surface area contributed by atoms with Gasteiger partial charge in [0.15, 0.2) is 0 Å². The molecule has 0 fully saturated rings. The van der Waals surface area contributed by atoms with Crippen molar-refractivity contribution in [3.63, 3.8) is 0 Å². The summed E-state index contributed by atoms with van der Waals surface area (Å²) in [5, 5.41) is 8.16. The number of carbonyl (C=O) groups is 1. The van der Waals surface area contributed by atoms with E-state index in [9.17, 15) is 4.79 Å². The van der Waals surface area contributed by atoms with E-state index in [1.165, 1.54) is 6.08 Å². The molecule has 2 heteroatoms. The highest BCUT2D eigenvalue weighted by Crippen LogP contribution is 1.92. The number of allylic oxidation sites excluding steroid dienone is 3. The van der Waals surface area contributed by atoms with E-state index in [4.69, 9.17) is 5.11 Å². The second-order valence-electron chi connectivity index (χ2n) is 2.33. The number of rotatable bonds is 3. The first kappa shape index (κ1) is 8.95. The van der Waals surface area contributed by atoms with Crippen LogP contribution in [0, 0.1) is 5.92 Å². The lowest BCUT2D eigenvalue weighted by Gasteiger charge is -1.88. The fourth-order valence-corrected chi connectivity index (χ4v) is 0.424. The third-order valence-corrected chi connectivity index (χ3v) is 0.846. The van der Waals surface area contributed by atoms with Gasteiger partial charge in [-0.1, -0.05) is 32.1 Å². The summed E-state index contributed by atoms with van der Waals surface area (Å²) in [5.41, 5.74) is 0. The topological polar surface area (TPSA) is 37.3 Å². The molecular weight excluding hydrogens is 128 g/mol. The lowest BCUT2D eigenvalue weighted by Crippen LogP contribution is -1.84. The number of hydrogen-bond donors (Lipinski definition) is 1. The summed E-state index contributed by atoms with van der Waals surface area (Å²) in [6.45, 7) is 4.07. The fraction of sp³-hybridized carbons (Fsp3) is 0.375. The highest BCUT2D eigenvalue weighted by molar-refractivity contribution is 5.80. The van der Waals surface area contributed by atoms with Crippen molar-refractivity contribution in [1.29, 1.82) is 0 Å². The average molecular weight is 140 g/mol. The van der Waals surface area contributed by atoms with Gasteiger partial charge in [-0.2, -0.15) is 0 Å². The Hall–Kier alpha value is -1.05. The Morgan fingerprint density at radius 3 is 2.40 bits per heavy atom. The van der Waals surface area contributed by atoms with Gasteiger partial charge in [-0.15, -0.1) is 0 Å². The van der Waals surface area contributed by atoms with Crippen molar-refractivity contribution in [2.45, 2.75) is 13.8 Å². The van der Waals surface area contributed by atoms with E-state index < -0.39 is 5.97 Å². The van der Waals surface area contributed by atoms with Crippen LogP contribution in [-0.2, 0) is 4.79 Å². The Morgan fingerprint density at radius 1 is 1.40 bits per heavy atom. The minimum Gasteiger partial charge on any atom is -0.478 e. The Bertz CT molecular complexity index is 155. The second-order valence-corrected chi connectivity index (χ2v) is 2.33. The van der Waals surface area contributed by atoms with E-state index in [1.807, 2.05) is 19.9 Å². The van der Waals surface area contributed by atoms with E-state index >= 15 is 0 Å². The molecule has 0 saturated heterocycles. The van der Waals surface area contributed by atoms with Crippen molar-refractivity contribution >= 4 is 5.97 Å². The van der Waals surface area contributed by atoms with Gasteiger partial charge < -0.3 is 5.11 Å². The van der Waals surface area contributed by atoms with Gasteiger partial charge in [-0.05, 0) is 5.92 Å². The van der Waals surface area contributed by atoms with E-state index in [0.717, 1.165) is 6.08 Å². The molecule has 0 aliphatic heterocycles. The summed E-state index contributed by atoms with van der Waals surface area (Å²) >= 11 is 0. The van der Waals surface area contributed by atoms with Crippen molar-refractivity contribution in [2.24, 2.45) is 5.92 Å². The maximum Gasteiger partial charge on any atom is 0.328 e. The molecule has 0 atom stereocenters. The Kier molecular flexibility index (Phi) is 4.29. The molecule has 0 aromatic carbocycles. The lowest BCUT2D eigenvalue weighted by molar-refractivity contribution is -0.131. The predicted molar refractivity (Wildman–Crippen MR) is 40.8 cm³/mol. The van der Waals surface area contributed by atoms with Gasteiger partial charge in [-0.25, -0.2) is 4.79 Å². The SMILES string of the molecule is CC(C)C=CC=CC(=O)O. The quantitative estimate of drug-likeness (QED) is 0.479. The molecule has 0 aromatic rings. The molecule has 0 radical (unpaired) electrons. The normalized spacial score (nSPS) is 11.9. The molecule has 0 rings (SSSR count). The first-order chi connectivity index (χ1) is 4.63. The lowest BCUT2D eigenvalue weighted by atomic mass is 10.2. The van der Waals surface area contributed by atoms with Crippen LogP contribution in [0.2, 0.25) is 0 Å². The summed E-state index contributed by atoms with van der Waals surface area (Å²) in [7, 11) is 0. The van der Waals surface area contributed by atoms with E-state index in [2.05, 4.69) is 0 Å². The van der Waals surface area contributed by atoms with Crippen LogP contribution in [0.15, 0.2) is 24.3 Å². The molecule has 0 spiro atoms. The number of carboxylic acid groups (broad SMARTS) is 1. The smallest absolute Gasteiger partial charge is 0.328 e. The molecule has 10 heavy (non-hydrogen) atoms. The third-order valence-electron chi connectivity index (χ3n) is 0.846. The number of carboxylic acids is 1. The number of aliphatic carboxylic acids is 1. The average Bonchev–Trinajstić information content (AvgIpc) is 1.79. The molecule has 0 bridgehead atoms. The molecule has 0 heterocycles. The van der Waals surface area contributed by atoms with Crippen molar-refractivity contribution in [3.8, 4) is 0 Å². The molecule has 2 nitrogen and oxygen atoms in total. The van der Waals surface area contributed by atoms with Crippen LogP contribution in [0.3, 0.4) is 0 Å². The molecule has 0 aliphatic rings. The van der Waals surface area contributed by atoms with Crippen LogP contribution in [0.5, 0.6) is 0 Å². The molecule has 0 aromatic heterocycles. The first-order valence-corrected chi connectivity index (χ1v) is 3.20. The molecule has 0 amide bonds. The zero-order valence-corrected chi connectivity index (χ0v) is 6.24. The third kappa shape index (κ3) is 6.95. The predicted octanol–water partition coefficient (Wildman–Crippen LogP) is 1.84. The summed E-state index contributed by atoms with van der Waals surface area (Å²) in [6, 6.07) is 0. The second kappa shape index (κ2) is 4.79. The summed E-state index contributed by atoms with van der Waals surface area (Å²) in [6.07, 6.45) is 6.29. The molecule has 1 N–H and O–H groups in total. The van der Waals surface area contributed by atoms with Crippen molar-refractivity contribution < 1.29 is 9.90 Å². The van der Waals surface area contributed by atoms with Crippen molar-refractivity contribution in [3.05, 3.63) is 24.3 Å². The highest BCUT2D eigenvalue weighted by Gasteiger charge is 1.82. The molecule has 0 unspecified atom stereocenters. The van der Waals surface area contributed by atoms with Gasteiger partial charge in [0, 0.05) is 6.08 Å². The maximum absolute atomic E-state index is 9.92. The fourth-order valence-electron chi connectivity index (χ4n) is 0.424. The van der Waals surface area contributed by atoms with E-state index in [-0.39, 0.29) is 0 Å². The Labute approximate surface area is 60.9 Å². The molecule has 0 aliphatic carbocycles. The van der Waals surface area contributed by atoms with Gasteiger partial charge >= 0.3 is 5.97 Å². The van der Waals surface area contributed by atoms with Crippen LogP contribution < -0.4 is 0 Å². The van der Waals surface area contributed by atoms with Gasteiger partial charge in [-0.3, -0.25) is 0 Å². The minimum atomic E-state index is -0.909. The Morgan fingerprint density at radius 2 is 2.00 bits per heavy atom. The van der Waals surface area contributed by atoms with Crippen molar-refractivity contribution in [2.75, 3.05) is 0 Å². The zero-order valence-electron chi connectivity index (χ0n) is 6.24. The van der Waals surface area contributed by atoms with Crippen LogP contribution in [0.25, 0.3) is 0 Å². The maximum atomic E-state index is 9.92.